The zero-order valence-corrected chi connectivity index (χ0v) is 18.2. The number of thiophene rings is 1. The number of hydrogen-bond donors (Lipinski definition) is 2. The quantitative estimate of drug-likeness (QED) is 0.611. The van der Waals surface area contributed by atoms with Crippen LogP contribution in [0.3, 0.4) is 0 Å². The first-order valence-corrected chi connectivity index (χ1v) is 10.9. The monoisotopic (exact) mass is 440 g/mol. The van der Waals surface area contributed by atoms with E-state index >= 15 is 0 Å². The first-order valence-electron chi connectivity index (χ1n) is 9.99. The maximum Gasteiger partial charge on any atom is 0.257 e. The molecule has 1 aromatic carbocycles. The molecule has 8 nitrogen and oxygen atoms in total. The number of carbonyl (C=O) groups is 1. The second-order valence-electron chi connectivity index (χ2n) is 7.24. The Morgan fingerprint density at radius 1 is 1.23 bits per heavy atom. The lowest BCUT2D eigenvalue weighted by molar-refractivity contribution is 0.0714. The number of benzene rings is 1. The molecule has 2 N–H and O–H groups in total. The zero-order chi connectivity index (χ0) is 21.8. The molecule has 1 amide bonds. The van der Waals surface area contributed by atoms with Crippen molar-refractivity contribution in [3.8, 4) is 22.8 Å². The Morgan fingerprint density at radius 3 is 2.71 bits per heavy atom. The van der Waals surface area contributed by atoms with Gasteiger partial charge in [-0.1, -0.05) is 6.07 Å². The number of nitrogens with one attached hydrogen (secondary N) is 2. The Bertz CT molecular complexity index is 1100. The van der Waals surface area contributed by atoms with Crippen LogP contribution >= 0.6 is 11.3 Å². The van der Waals surface area contributed by atoms with E-state index in [2.05, 4.69) is 15.3 Å². The van der Waals surface area contributed by atoms with E-state index in [0.717, 1.165) is 18.4 Å². The molecule has 0 spiro atoms. The molecule has 0 unspecified atom stereocenters. The maximum atomic E-state index is 13.0. The van der Waals surface area contributed by atoms with Gasteiger partial charge in [0.2, 0.25) is 5.95 Å². The Kier molecular flexibility index (Phi) is 6.22. The Morgan fingerprint density at radius 2 is 2.03 bits per heavy atom. The summed E-state index contributed by atoms with van der Waals surface area (Å²) in [6.07, 6.45) is 1.48. The second kappa shape index (κ2) is 9.22. The lowest BCUT2D eigenvalue weighted by Crippen LogP contribution is -2.42. The van der Waals surface area contributed by atoms with Crippen LogP contribution in [0.5, 0.6) is 11.5 Å². The molecule has 3 aromatic rings. The number of rotatable bonds is 6. The Labute approximate surface area is 183 Å². The van der Waals surface area contributed by atoms with Crippen molar-refractivity contribution < 1.29 is 14.3 Å². The first-order chi connectivity index (χ1) is 15.1. The predicted molar refractivity (Wildman–Crippen MR) is 120 cm³/mol. The lowest BCUT2D eigenvalue weighted by Gasteiger charge is -2.33. The second-order valence-corrected chi connectivity index (χ2v) is 8.02. The third kappa shape index (κ3) is 4.56. The summed E-state index contributed by atoms with van der Waals surface area (Å²) in [5.74, 6) is 1.35. The zero-order valence-electron chi connectivity index (χ0n) is 17.4. The van der Waals surface area contributed by atoms with Crippen molar-refractivity contribution in [2.75, 3.05) is 32.6 Å². The fraction of sp³-hybridized carbons (Fsp3) is 0.318. The van der Waals surface area contributed by atoms with Crippen molar-refractivity contribution in [3.63, 3.8) is 0 Å². The fourth-order valence-corrected chi connectivity index (χ4v) is 4.38. The number of para-hydroxylation sites is 1. The summed E-state index contributed by atoms with van der Waals surface area (Å²) < 4.78 is 10.7. The van der Waals surface area contributed by atoms with E-state index in [-0.39, 0.29) is 17.5 Å². The van der Waals surface area contributed by atoms with Gasteiger partial charge in [-0.3, -0.25) is 14.6 Å². The van der Waals surface area contributed by atoms with E-state index in [0.29, 0.717) is 41.8 Å². The maximum absolute atomic E-state index is 13.0. The SMILES string of the molecule is COc1cccc(C(=O)N2CCC(Nc3nc(-c4ccsc4)cc(=O)[nH]3)CC2)c1OC. The van der Waals surface area contributed by atoms with Crippen LogP contribution in [-0.4, -0.2) is 54.1 Å². The van der Waals surface area contributed by atoms with Crippen LogP contribution in [-0.2, 0) is 0 Å². The average molecular weight is 441 g/mol. The van der Waals surface area contributed by atoms with Gasteiger partial charge in [-0.15, -0.1) is 0 Å². The molecule has 4 rings (SSSR count). The summed E-state index contributed by atoms with van der Waals surface area (Å²) in [5.41, 5.74) is 1.86. The predicted octanol–water partition coefficient (Wildman–Crippen LogP) is 3.23. The highest BCUT2D eigenvalue weighted by Gasteiger charge is 2.27. The van der Waals surface area contributed by atoms with E-state index in [1.807, 2.05) is 21.7 Å². The van der Waals surface area contributed by atoms with Crippen molar-refractivity contribution in [1.82, 2.24) is 14.9 Å². The lowest BCUT2D eigenvalue weighted by atomic mass is 10.0. The molecular weight excluding hydrogens is 416 g/mol. The molecule has 0 atom stereocenters. The third-order valence-electron chi connectivity index (χ3n) is 5.31. The number of anilines is 1. The summed E-state index contributed by atoms with van der Waals surface area (Å²) in [6, 6.07) is 8.84. The molecule has 0 radical (unpaired) electrons. The highest BCUT2D eigenvalue weighted by Crippen LogP contribution is 2.32. The molecule has 3 heterocycles. The molecule has 0 bridgehead atoms. The number of nitrogens with zero attached hydrogens (tertiary/aromatic N) is 2. The van der Waals surface area contributed by atoms with E-state index in [1.54, 1.807) is 36.6 Å². The highest BCUT2D eigenvalue weighted by molar-refractivity contribution is 7.08. The molecule has 1 saturated heterocycles. The molecule has 9 heteroatoms. The fourth-order valence-electron chi connectivity index (χ4n) is 3.73. The molecule has 31 heavy (non-hydrogen) atoms. The third-order valence-corrected chi connectivity index (χ3v) is 6.00. The minimum absolute atomic E-state index is 0.0832. The number of aromatic nitrogens is 2. The highest BCUT2D eigenvalue weighted by atomic mass is 32.1. The largest absolute Gasteiger partial charge is 0.493 e. The number of methoxy groups -OCH3 is 2. The number of piperidine rings is 1. The minimum atomic E-state index is -0.198. The first kappa shape index (κ1) is 20.9. The smallest absolute Gasteiger partial charge is 0.257 e. The molecule has 1 aliphatic heterocycles. The molecule has 0 aliphatic carbocycles. The van der Waals surface area contributed by atoms with Gasteiger partial charge in [-0.2, -0.15) is 11.3 Å². The van der Waals surface area contributed by atoms with Crippen molar-refractivity contribution >= 4 is 23.2 Å². The summed E-state index contributed by atoms with van der Waals surface area (Å²) in [4.78, 5) is 34.2. The van der Waals surface area contributed by atoms with Crippen LogP contribution in [0, 0.1) is 0 Å². The minimum Gasteiger partial charge on any atom is -0.493 e. The summed E-state index contributed by atoms with van der Waals surface area (Å²) in [5, 5.41) is 7.23. The number of hydrogen-bond acceptors (Lipinski definition) is 7. The van der Waals surface area contributed by atoms with Crippen molar-refractivity contribution in [1.29, 1.82) is 0 Å². The van der Waals surface area contributed by atoms with Crippen LogP contribution in [0.2, 0.25) is 0 Å². The van der Waals surface area contributed by atoms with E-state index in [9.17, 15) is 9.59 Å². The number of amides is 1. The van der Waals surface area contributed by atoms with Gasteiger partial charge in [0.15, 0.2) is 11.5 Å². The molecule has 1 aliphatic rings. The summed E-state index contributed by atoms with van der Waals surface area (Å²) in [6.45, 7) is 1.18. The topological polar surface area (TPSA) is 96.5 Å². The molecule has 1 fully saturated rings. The van der Waals surface area contributed by atoms with Crippen LogP contribution < -0.4 is 20.3 Å². The number of H-pyrrole nitrogens is 1. The van der Waals surface area contributed by atoms with Crippen LogP contribution in [0.15, 0.2) is 45.9 Å². The average Bonchev–Trinajstić information content (AvgIpc) is 3.33. The summed E-state index contributed by atoms with van der Waals surface area (Å²) in [7, 11) is 3.08. The number of ether oxygens (including phenoxy) is 2. The van der Waals surface area contributed by atoms with Crippen molar-refractivity contribution in [3.05, 3.63) is 57.0 Å². The summed E-state index contributed by atoms with van der Waals surface area (Å²) >= 11 is 1.56. The van der Waals surface area contributed by atoms with Crippen LogP contribution in [0.25, 0.3) is 11.3 Å². The molecule has 0 saturated carbocycles. The number of likely N-dealkylation sites (tertiary alicyclic amines) is 1. The van der Waals surface area contributed by atoms with E-state index in [1.165, 1.54) is 13.2 Å². The number of aromatic amines is 1. The normalized spacial score (nSPS) is 14.3. The van der Waals surface area contributed by atoms with Gasteiger partial charge < -0.3 is 19.7 Å². The van der Waals surface area contributed by atoms with Crippen LogP contribution in [0.4, 0.5) is 5.95 Å². The number of carbonyl (C=O) groups excluding carboxylic acids is 1. The standard InChI is InChI=1S/C22H24N4O4S/c1-29-18-5-3-4-16(20(18)30-2)21(28)26-9-6-15(7-10-26)23-22-24-17(12-19(27)25-22)14-8-11-31-13-14/h3-5,8,11-13,15H,6-7,9-10H2,1-2H3,(H2,23,24,25,27). The van der Waals surface area contributed by atoms with Gasteiger partial charge in [-0.25, -0.2) is 4.98 Å². The molecule has 162 valence electrons. The van der Waals surface area contributed by atoms with Gasteiger partial charge in [-0.05, 0) is 36.4 Å². The van der Waals surface area contributed by atoms with Gasteiger partial charge in [0, 0.05) is 36.1 Å². The molecule has 2 aromatic heterocycles. The molecular formula is C22H24N4O4S. The van der Waals surface area contributed by atoms with Gasteiger partial charge in [0.05, 0.1) is 25.5 Å². The van der Waals surface area contributed by atoms with Gasteiger partial charge in [0.25, 0.3) is 11.5 Å². The Balaban J connectivity index is 1.42. The van der Waals surface area contributed by atoms with E-state index in [4.69, 9.17) is 9.47 Å². The van der Waals surface area contributed by atoms with Gasteiger partial charge in [0.1, 0.15) is 0 Å². The van der Waals surface area contributed by atoms with Crippen molar-refractivity contribution in [2.45, 2.75) is 18.9 Å². The van der Waals surface area contributed by atoms with Crippen LogP contribution in [0.1, 0.15) is 23.2 Å². The van der Waals surface area contributed by atoms with E-state index < -0.39 is 0 Å². The van der Waals surface area contributed by atoms with Crippen molar-refractivity contribution in [2.24, 2.45) is 0 Å². The van der Waals surface area contributed by atoms with Gasteiger partial charge >= 0.3 is 0 Å². The Hall–Kier alpha value is -3.33.